The highest BCUT2D eigenvalue weighted by molar-refractivity contribution is 9.10. The number of Topliss-reactive ketones (excluding diaryl/α,β-unsaturated/α-hetero) is 1. The molecule has 2 heterocycles. The molecule has 158 valence electrons. The van der Waals surface area contributed by atoms with Crippen molar-refractivity contribution in [1.29, 1.82) is 0 Å². The molecule has 2 aromatic carbocycles. The van der Waals surface area contributed by atoms with Crippen molar-refractivity contribution in [1.82, 2.24) is 0 Å². The fourth-order valence-electron chi connectivity index (χ4n) is 3.87. The Balaban J connectivity index is 1.93. The number of rotatable bonds is 4. The third-order valence-electron chi connectivity index (χ3n) is 5.17. The number of ether oxygens (including phenoxy) is 1. The van der Waals surface area contributed by atoms with E-state index in [2.05, 4.69) is 15.9 Å². The van der Waals surface area contributed by atoms with E-state index in [1.807, 2.05) is 49.6 Å². The van der Waals surface area contributed by atoms with Gasteiger partial charge in [-0.1, -0.05) is 12.1 Å². The lowest BCUT2D eigenvalue weighted by Crippen LogP contribution is -2.29. The number of ketones is 1. The first-order chi connectivity index (χ1) is 14.8. The SMILES string of the molecule is COc1ccc(/C(O)=C2/C(=O)C(=O)N(c3cc(C)cc(C)c3)C2c2cccs2)cc1Br. The van der Waals surface area contributed by atoms with Gasteiger partial charge in [0.25, 0.3) is 11.7 Å². The lowest BCUT2D eigenvalue weighted by molar-refractivity contribution is -0.132. The number of halogens is 1. The van der Waals surface area contributed by atoms with Crippen molar-refractivity contribution in [2.75, 3.05) is 12.0 Å². The summed E-state index contributed by atoms with van der Waals surface area (Å²) >= 11 is 4.85. The summed E-state index contributed by atoms with van der Waals surface area (Å²) in [4.78, 5) is 28.6. The summed E-state index contributed by atoms with van der Waals surface area (Å²) in [5.41, 5.74) is 3.10. The predicted octanol–water partition coefficient (Wildman–Crippen LogP) is 5.76. The highest BCUT2D eigenvalue weighted by atomic mass is 79.9. The Labute approximate surface area is 192 Å². The van der Waals surface area contributed by atoms with Crippen molar-refractivity contribution in [2.24, 2.45) is 0 Å². The van der Waals surface area contributed by atoms with Gasteiger partial charge in [-0.05, 0) is 82.7 Å². The fraction of sp³-hybridized carbons (Fsp3) is 0.167. The number of aliphatic hydroxyl groups is 1. The number of anilines is 1. The van der Waals surface area contributed by atoms with Crippen LogP contribution in [0.2, 0.25) is 0 Å². The molecular formula is C24H20BrNO4S. The highest BCUT2D eigenvalue weighted by Gasteiger charge is 2.47. The molecule has 1 fully saturated rings. The zero-order chi connectivity index (χ0) is 22.3. The molecule has 1 unspecified atom stereocenters. The quantitative estimate of drug-likeness (QED) is 0.282. The van der Waals surface area contributed by atoms with Gasteiger partial charge in [-0.2, -0.15) is 0 Å². The number of carbonyl (C=O) groups is 2. The molecule has 1 atom stereocenters. The molecule has 1 amide bonds. The van der Waals surface area contributed by atoms with Gasteiger partial charge >= 0.3 is 0 Å². The molecule has 3 aromatic rings. The number of amides is 1. The van der Waals surface area contributed by atoms with Gasteiger partial charge < -0.3 is 9.84 Å². The van der Waals surface area contributed by atoms with E-state index in [1.54, 1.807) is 25.3 Å². The summed E-state index contributed by atoms with van der Waals surface area (Å²) < 4.78 is 5.88. The van der Waals surface area contributed by atoms with Crippen molar-refractivity contribution in [3.63, 3.8) is 0 Å². The summed E-state index contributed by atoms with van der Waals surface area (Å²) in [6.45, 7) is 3.89. The van der Waals surface area contributed by atoms with Crippen LogP contribution in [0.4, 0.5) is 5.69 Å². The van der Waals surface area contributed by atoms with Gasteiger partial charge in [0.05, 0.1) is 17.2 Å². The summed E-state index contributed by atoms with van der Waals surface area (Å²) in [7, 11) is 1.55. The van der Waals surface area contributed by atoms with E-state index < -0.39 is 17.7 Å². The van der Waals surface area contributed by atoms with Crippen LogP contribution in [-0.2, 0) is 9.59 Å². The Morgan fingerprint density at radius 2 is 1.81 bits per heavy atom. The van der Waals surface area contributed by atoms with Gasteiger partial charge in [-0.25, -0.2) is 0 Å². The third kappa shape index (κ3) is 3.79. The normalized spacial score (nSPS) is 17.9. The zero-order valence-corrected chi connectivity index (χ0v) is 19.6. The van der Waals surface area contributed by atoms with Gasteiger partial charge in [0.2, 0.25) is 0 Å². The van der Waals surface area contributed by atoms with Crippen LogP contribution in [0, 0.1) is 13.8 Å². The lowest BCUT2D eigenvalue weighted by atomic mass is 9.99. The van der Waals surface area contributed by atoms with Crippen LogP contribution in [0.3, 0.4) is 0 Å². The van der Waals surface area contributed by atoms with E-state index in [1.165, 1.54) is 16.2 Å². The van der Waals surface area contributed by atoms with Crippen molar-refractivity contribution in [3.8, 4) is 5.75 Å². The Morgan fingerprint density at radius 1 is 1.10 bits per heavy atom. The standard InChI is InChI=1S/C24H20BrNO4S/c1-13-9-14(2)11-16(10-13)26-21(19-5-4-8-31-19)20(23(28)24(26)29)22(27)15-6-7-18(30-3)17(25)12-15/h4-12,21,27H,1-3H3/b22-20-. The van der Waals surface area contributed by atoms with Crippen LogP contribution < -0.4 is 9.64 Å². The van der Waals surface area contributed by atoms with Crippen LogP contribution in [0.15, 0.2) is 64.0 Å². The Morgan fingerprint density at radius 3 is 2.39 bits per heavy atom. The predicted molar refractivity (Wildman–Crippen MR) is 126 cm³/mol. The van der Waals surface area contributed by atoms with E-state index in [-0.39, 0.29) is 11.3 Å². The molecule has 1 aliphatic heterocycles. The summed E-state index contributed by atoms with van der Waals surface area (Å²) in [6.07, 6.45) is 0. The third-order valence-corrected chi connectivity index (χ3v) is 6.71. The van der Waals surface area contributed by atoms with Crippen molar-refractivity contribution < 1.29 is 19.4 Å². The molecule has 7 heteroatoms. The molecule has 1 aliphatic rings. The molecule has 0 radical (unpaired) electrons. The second-order valence-electron chi connectivity index (χ2n) is 7.38. The Bertz CT molecular complexity index is 1200. The summed E-state index contributed by atoms with van der Waals surface area (Å²) in [6, 6.07) is 13.8. The van der Waals surface area contributed by atoms with Crippen LogP contribution in [-0.4, -0.2) is 23.9 Å². The number of methoxy groups -OCH3 is 1. The number of aliphatic hydroxyl groups excluding tert-OH is 1. The molecule has 31 heavy (non-hydrogen) atoms. The number of aryl methyl sites for hydroxylation is 2. The topological polar surface area (TPSA) is 66.8 Å². The fourth-order valence-corrected chi connectivity index (χ4v) is 5.24. The molecule has 0 bridgehead atoms. The number of nitrogens with zero attached hydrogens (tertiary/aromatic N) is 1. The van der Waals surface area contributed by atoms with Gasteiger partial charge in [0.1, 0.15) is 17.6 Å². The van der Waals surface area contributed by atoms with Crippen molar-refractivity contribution in [2.45, 2.75) is 19.9 Å². The Hall–Kier alpha value is -2.90. The van der Waals surface area contributed by atoms with E-state index in [4.69, 9.17) is 4.74 Å². The second-order valence-corrected chi connectivity index (χ2v) is 9.21. The number of hydrogen-bond acceptors (Lipinski definition) is 5. The molecule has 4 rings (SSSR count). The largest absolute Gasteiger partial charge is 0.507 e. The van der Waals surface area contributed by atoms with Crippen LogP contribution >= 0.6 is 27.3 Å². The first-order valence-electron chi connectivity index (χ1n) is 9.58. The molecule has 0 aliphatic carbocycles. The molecule has 5 nitrogen and oxygen atoms in total. The summed E-state index contributed by atoms with van der Waals surface area (Å²) in [5, 5.41) is 13.1. The average molecular weight is 498 g/mol. The van der Waals surface area contributed by atoms with E-state index in [0.29, 0.717) is 21.5 Å². The monoisotopic (exact) mass is 497 g/mol. The highest BCUT2D eigenvalue weighted by Crippen LogP contribution is 2.44. The van der Waals surface area contributed by atoms with Crippen LogP contribution in [0.1, 0.15) is 27.6 Å². The lowest BCUT2D eigenvalue weighted by Gasteiger charge is -2.25. The Kier molecular flexibility index (Phi) is 5.73. The van der Waals surface area contributed by atoms with E-state index in [0.717, 1.165) is 16.0 Å². The van der Waals surface area contributed by atoms with Crippen molar-refractivity contribution in [3.05, 3.63) is 85.5 Å². The maximum Gasteiger partial charge on any atom is 0.300 e. The maximum absolute atomic E-state index is 13.2. The number of hydrogen-bond donors (Lipinski definition) is 1. The van der Waals surface area contributed by atoms with Gasteiger partial charge in [0.15, 0.2) is 0 Å². The molecule has 0 saturated carbocycles. The van der Waals surface area contributed by atoms with Gasteiger partial charge in [0, 0.05) is 16.1 Å². The second kappa shape index (κ2) is 8.32. The zero-order valence-electron chi connectivity index (χ0n) is 17.2. The van der Waals surface area contributed by atoms with E-state index in [9.17, 15) is 14.7 Å². The van der Waals surface area contributed by atoms with E-state index >= 15 is 0 Å². The van der Waals surface area contributed by atoms with Crippen LogP contribution in [0.5, 0.6) is 5.75 Å². The average Bonchev–Trinajstić information content (AvgIpc) is 3.34. The van der Waals surface area contributed by atoms with Crippen molar-refractivity contribution >= 4 is 50.4 Å². The minimum Gasteiger partial charge on any atom is -0.507 e. The number of benzene rings is 2. The van der Waals surface area contributed by atoms with Gasteiger partial charge in [-0.15, -0.1) is 11.3 Å². The van der Waals surface area contributed by atoms with Gasteiger partial charge in [-0.3, -0.25) is 14.5 Å². The molecule has 1 aromatic heterocycles. The minimum atomic E-state index is -0.706. The maximum atomic E-state index is 13.2. The smallest absolute Gasteiger partial charge is 0.300 e. The molecule has 0 spiro atoms. The minimum absolute atomic E-state index is 0.0728. The molecule has 1 saturated heterocycles. The first kappa shape index (κ1) is 21.3. The summed E-state index contributed by atoms with van der Waals surface area (Å²) in [5.74, 6) is -0.978. The number of thiophene rings is 1. The van der Waals surface area contributed by atoms with Crippen LogP contribution in [0.25, 0.3) is 5.76 Å². The molecular weight excluding hydrogens is 478 g/mol. The molecule has 1 N–H and O–H groups in total. The number of carbonyl (C=O) groups excluding carboxylic acids is 2. The first-order valence-corrected chi connectivity index (χ1v) is 11.3.